The maximum Gasteiger partial charge on any atom is -0.0104 e. The first-order chi connectivity index (χ1) is 4.81. The molecule has 0 saturated heterocycles. The van der Waals surface area contributed by atoms with E-state index >= 15 is 0 Å². The molecule has 0 amide bonds. The van der Waals surface area contributed by atoms with Gasteiger partial charge >= 0.3 is 0 Å². The molecule has 0 unspecified atom stereocenters. The molecule has 0 aliphatic heterocycles. The van der Waals surface area contributed by atoms with Crippen LogP contribution in [-0.2, 0) is 0 Å². The highest BCUT2D eigenvalue weighted by atomic mass is 13.9. The summed E-state index contributed by atoms with van der Waals surface area (Å²) >= 11 is 0. The standard InChI is InChI=1S/C10H16/c1-4-6-8-10(3)9-7-5-2/h4,6-7,9H,3,5,8H2,1-2H3/b6-4-,9-7-. The molecule has 0 aliphatic carbocycles. The van der Waals surface area contributed by atoms with Crippen LogP contribution in [0.3, 0.4) is 0 Å². The van der Waals surface area contributed by atoms with Crippen LogP contribution in [0.4, 0.5) is 0 Å². The summed E-state index contributed by atoms with van der Waals surface area (Å²) in [6, 6.07) is 0. The molecule has 0 aromatic rings. The maximum atomic E-state index is 3.89. The Morgan fingerprint density at radius 2 is 2.10 bits per heavy atom. The van der Waals surface area contributed by atoms with E-state index in [1.165, 1.54) is 5.57 Å². The van der Waals surface area contributed by atoms with Crippen LogP contribution < -0.4 is 0 Å². The quantitative estimate of drug-likeness (QED) is 0.410. The first-order valence-electron chi connectivity index (χ1n) is 3.76. The van der Waals surface area contributed by atoms with Crippen LogP contribution in [0, 0.1) is 0 Å². The normalized spacial score (nSPS) is 11.4. The SMILES string of the molecule is C=C(/C=C\CC)C/C=C\C. The van der Waals surface area contributed by atoms with Gasteiger partial charge in [-0.2, -0.15) is 0 Å². The highest BCUT2D eigenvalue weighted by Crippen LogP contribution is 2.01. The average Bonchev–Trinajstić information content (AvgIpc) is 1.97. The van der Waals surface area contributed by atoms with Gasteiger partial charge < -0.3 is 0 Å². The lowest BCUT2D eigenvalue weighted by atomic mass is 10.2. The molecule has 0 bridgehead atoms. The fourth-order valence-electron chi connectivity index (χ4n) is 0.622. The number of allylic oxidation sites excluding steroid dienone is 5. The molecule has 56 valence electrons. The largest absolute Gasteiger partial charge is 0.0955 e. The lowest BCUT2D eigenvalue weighted by Crippen LogP contribution is -1.70. The van der Waals surface area contributed by atoms with E-state index in [1.807, 2.05) is 13.0 Å². The average molecular weight is 136 g/mol. The van der Waals surface area contributed by atoms with Gasteiger partial charge in [0.05, 0.1) is 0 Å². The van der Waals surface area contributed by atoms with Gasteiger partial charge in [-0.05, 0) is 19.8 Å². The molecule has 0 aliphatic rings. The van der Waals surface area contributed by atoms with Crippen LogP contribution in [0.1, 0.15) is 26.7 Å². The molecule has 0 aromatic heterocycles. The molecule has 0 heterocycles. The maximum absolute atomic E-state index is 3.89. The molecule has 0 rings (SSSR count). The van der Waals surface area contributed by atoms with Crippen LogP contribution in [0.5, 0.6) is 0 Å². The smallest absolute Gasteiger partial charge is 0.0104 e. The topological polar surface area (TPSA) is 0 Å². The number of hydrogen-bond donors (Lipinski definition) is 0. The molecular weight excluding hydrogens is 120 g/mol. The summed E-state index contributed by atoms with van der Waals surface area (Å²) in [6.45, 7) is 8.04. The monoisotopic (exact) mass is 136 g/mol. The summed E-state index contributed by atoms with van der Waals surface area (Å²) in [5, 5.41) is 0. The second-order valence-electron chi connectivity index (χ2n) is 2.24. The van der Waals surface area contributed by atoms with Gasteiger partial charge in [-0.1, -0.05) is 43.4 Å². The van der Waals surface area contributed by atoms with Crippen molar-refractivity contribution in [2.24, 2.45) is 0 Å². The van der Waals surface area contributed by atoms with Crippen LogP contribution >= 0.6 is 0 Å². The fraction of sp³-hybridized carbons (Fsp3) is 0.400. The van der Waals surface area contributed by atoms with Crippen molar-refractivity contribution >= 4 is 0 Å². The van der Waals surface area contributed by atoms with Crippen molar-refractivity contribution in [2.75, 3.05) is 0 Å². The summed E-state index contributed by atoms with van der Waals surface area (Å²) < 4.78 is 0. The number of hydrogen-bond acceptors (Lipinski definition) is 0. The zero-order valence-corrected chi connectivity index (χ0v) is 6.93. The number of rotatable bonds is 4. The van der Waals surface area contributed by atoms with Crippen molar-refractivity contribution in [1.29, 1.82) is 0 Å². The van der Waals surface area contributed by atoms with Gasteiger partial charge in [0, 0.05) is 0 Å². The van der Waals surface area contributed by atoms with E-state index < -0.39 is 0 Å². The highest BCUT2D eigenvalue weighted by molar-refractivity contribution is 5.17. The van der Waals surface area contributed by atoms with Gasteiger partial charge in [-0.3, -0.25) is 0 Å². The Hall–Kier alpha value is -0.780. The van der Waals surface area contributed by atoms with Crippen molar-refractivity contribution in [3.63, 3.8) is 0 Å². The van der Waals surface area contributed by atoms with Gasteiger partial charge in [0.2, 0.25) is 0 Å². The molecule has 0 heteroatoms. The Kier molecular flexibility index (Phi) is 5.85. The van der Waals surface area contributed by atoms with Crippen molar-refractivity contribution in [2.45, 2.75) is 26.7 Å². The molecule has 0 saturated carbocycles. The van der Waals surface area contributed by atoms with E-state index in [1.54, 1.807) is 0 Å². The fourth-order valence-corrected chi connectivity index (χ4v) is 0.622. The summed E-state index contributed by atoms with van der Waals surface area (Å²) in [5.74, 6) is 0. The summed E-state index contributed by atoms with van der Waals surface area (Å²) in [5.41, 5.74) is 1.18. The molecule has 0 N–H and O–H groups in total. The van der Waals surface area contributed by atoms with E-state index in [0.717, 1.165) is 12.8 Å². The van der Waals surface area contributed by atoms with E-state index in [9.17, 15) is 0 Å². The molecule has 10 heavy (non-hydrogen) atoms. The first-order valence-corrected chi connectivity index (χ1v) is 3.76. The zero-order valence-electron chi connectivity index (χ0n) is 6.93. The van der Waals surface area contributed by atoms with Crippen LogP contribution in [0.15, 0.2) is 36.5 Å². The van der Waals surface area contributed by atoms with Crippen LogP contribution in [0.2, 0.25) is 0 Å². The van der Waals surface area contributed by atoms with Crippen LogP contribution in [0.25, 0.3) is 0 Å². The third-order valence-corrected chi connectivity index (χ3v) is 1.20. The zero-order chi connectivity index (χ0) is 7.82. The summed E-state index contributed by atoms with van der Waals surface area (Å²) in [4.78, 5) is 0. The van der Waals surface area contributed by atoms with Crippen LogP contribution in [-0.4, -0.2) is 0 Å². The van der Waals surface area contributed by atoms with E-state index in [-0.39, 0.29) is 0 Å². The van der Waals surface area contributed by atoms with Crippen molar-refractivity contribution in [1.82, 2.24) is 0 Å². The third kappa shape index (κ3) is 5.36. The van der Waals surface area contributed by atoms with Crippen molar-refractivity contribution in [3.05, 3.63) is 36.5 Å². The molecule has 0 nitrogen and oxygen atoms in total. The van der Waals surface area contributed by atoms with Crippen molar-refractivity contribution in [3.8, 4) is 0 Å². The molecule has 0 atom stereocenters. The Morgan fingerprint density at radius 3 is 2.60 bits per heavy atom. The van der Waals surface area contributed by atoms with Gasteiger partial charge in [0.25, 0.3) is 0 Å². The summed E-state index contributed by atoms with van der Waals surface area (Å²) in [7, 11) is 0. The lowest BCUT2D eigenvalue weighted by Gasteiger charge is -1.90. The lowest BCUT2D eigenvalue weighted by molar-refractivity contribution is 1.20. The van der Waals surface area contributed by atoms with Gasteiger partial charge in [0.15, 0.2) is 0 Å². The molecule has 0 spiro atoms. The predicted octanol–water partition coefficient (Wildman–Crippen LogP) is 3.48. The molecule has 0 fully saturated rings. The highest BCUT2D eigenvalue weighted by Gasteiger charge is 1.80. The minimum Gasteiger partial charge on any atom is -0.0955 e. The van der Waals surface area contributed by atoms with Gasteiger partial charge in [-0.25, -0.2) is 0 Å². The van der Waals surface area contributed by atoms with Crippen molar-refractivity contribution < 1.29 is 0 Å². The second kappa shape index (κ2) is 6.34. The molecule has 0 radical (unpaired) electrons. The Morgan fingerprint density at radius 1 is 1.40 bits per heavy atom. The molecular formula is C10H16. The van der Waals surface area contributed by atoms with Gasteiger partial charge in [-0.15, -0.1) is 0 Å². The molecule has 0 aromatic carbocycles. The van der Waals surface area contributed by atoms with Gasteiger partial charge in [0.1, 0.15) is 0 Å². The van der Waals surface area contributed by atoms with E-state index in [4.69, 9.17) is 0 Å². The predicted molar refractivity (Wildman–Crippen MR) is 48.0 cm³/mol. The minimum absolute atomic E-state index is 0.979. The Balaban J connectivity index is 3.53. The Labute approximate surface area is 64.0 Å². The first kappa shape index (κ1) is 9.22. The van der Waals surface area contributed by atoms with E-state index in [0.29, 0.717) is 0 Å². The minimum atomic E-state index is 0.979. The van der Waals surface area contributed by atoms with E-state index in [2.05, 4.69) is 31.7 Å². The Bertz CT molecular complexity index is 138. The summed E-state index contributed by atoms with van der Waals surface area (Å²) in [6.07, 6.45) is 10.4. The third-order valence-electron chi connectivity index (χ3n) is 1.20. The second-order valence-corrected chi connectivity index (χ2v) is 2.24.